The van der Waals surface area contributed by atoms with E-state index in [0.29, 0.717) is 0 Å². The molecule has 0 aromatic heterocycles. The van der Waals surface area contributed by atoms with Crippen LogP contribution in [-0.4, -0.2) is 26.7 Å². The van der Waals surface area contributed by atoms with E-state index in [1.165, 1.54) is 0 Å². The first-order valence-electron chi connectivity index (χ1n) is 13.4. The van der Waals surface area contributed by atoms with Crippen LogP contribution < -0.4 is 16.0 Å². The van der Waals surface area contributed by atoms with E-state index in [1.807, 2.05) is 24.3 Å². The standard InChI is InChI=1S/C33H35N5/c1-32(2)21-24(22-33(3,4)37-32)35-28-20-31-29(19-27(28)34-23-13-7-5-8-14-23)36-26-17-11-12-18-30(26)38(31)25-15-9-6-10-16-25/h5-20,24,34,37H,21-22H2,1-4H3. The van der Waals surface area contributed by atoms with E-state index in [9.17, 15) is 0 Å². The van der Waals surface area contributed by atoms with Crippen molar-refractivity contribution in [2.24, 2.45) is 4.99 Å². The van der Waals surface area contributed by atoms with Gasteiger partial charge in [0.1, 0.15) is 0 Å². The zero-order valence-electron chi connectivity index (χ0n) is 22.6. The number of nitrogens with one attached hydrogen (secondary N) is 2. The third-order valence-corrected chi connectivity index (χ3v) is 7.25. The number of hydrogen-bond donors (Lipinski definition) is 2. The van der Waals surface area contributed by atoms with Gasteiger partial charge >= 0.3 is 0 Å². The summed E-state index contributed by atoms with van der Waals surface area (Å²) >= 11 is 0. The van der Waals surface area contributed by atoms with Crippen LogP contribution in [0.25, 0.3) is 28.1 Å². The highest BCUT2D eigenvalue weighted by Gasteiger charge is 2.37. The Hall–Kier alpha value is -3.96. The largest absolute Gasteiger partial charge is 0.354 e. The molecule has 5 heteroatoms. The Morgan fingerprint density at radius 3 is 2.16 bits per heavy atom. The highest BCUT2D eigenvalue weighted by Crippen LogP contribution is 2.32. The molecule has 1 fully saturated rings. The lowest BCUT2D eigenvalue weighted by Crippen LogP contribution is -2.59. The molecule has 5 nitrogen and oxygen atoms in total. The second kappa shape index (κ2) is 9.41. The van der Waals surface area contributed by atoms with Crippen molar-refractivity contribution in [1.82, 2.24) is 14.9 Å². The van der Waals surface area contributed by atoms with Crippen LogP contribution in [0.1, 0.15) is 40.5 Å². The summed E-state index contributed by atoms with van der Waals surface area (Å²) in [7, 11) is 0. The normalized spacial score (nSPS) is 17.6. The molecule has 0 amide bonds. The molecule has 1 aliphatic carbocycles. The average Bonchev–Trinajstić information content (AvgIpc) is 2.87. The van der Waals surface area contributed by atoms with Gasteiger partial charge in [-0.2, -0.15) is 0 Å². The molecule has 0 atom stereocenters. The third-order valence-electron chi connectivity index (χ3n) is 7.25. The first-order valence-corrected chi connectivity index (χ1v) is 13.4. The summed E-state index contributed by atoms with van der Waals surface area (Å²) in [6.07, 6.45) is 1.96. The minimum absolute atomic E-state index is 0.0154. The first-order chi connectivity index (χ1) is 18.3. The van der Waals surface area contributed by atoms with Gasteiger partial charge in [0.25, 0.3) is 0 Å². The molecular formula is C33H35N5. The zero-order chi connectivity index (χ0) is 26.3. The van der Waals surface area contributed by atoms with E-state index in [2.05, 4.69) is 116 Å². The molecule has 6 rings (SSSR count). The van der Waals surface area contributed by atoms with Crippen LogP contribution in [0.2, 0.25) is 0 Å². The Kier molecular flexibility index (Phi) is 6.04. The van der Waals surface area contributed by atoms with Crippen LogP contribution in [0.15, 0.2) is 102 Å². The molecule has 192 valence electrons. The molecule has 2 heterocycles. The molecule has 0 unspecified atom stereocenters. The summed E-state index contributed by atoms with van der Waals surface area (Å²) in [5, 5.41) is 8.40. The summed E-state index contributed by atoms with van der Waals surface area (Å²) < 4.78 is 2.30. The van der Waals surface area contributed by atoms with E-state index in [1.54, 1.807) is 0 Å². The van der Waals surface area contributed by atoms with Crippen molar-refractivity contribution < 1.29 is 0 Å². The smallest absolute Gasteiger partial charge is 0.0900 e. The van der Waals surface area contributed by atoms with Gasteiger partial charge in [-0.25, -0.2) is 4.98 Å². The predicted molar refractivity (Wildman–Crippen MR) is 157 cm³/mol. The van der Waals surface area contributed by atoms with Gasteiger partial charge in [-0.15, -0.1) is 0 Å². The van der Waals surface area contributed by atoms with E-state index < -0.39 is 0 Å². The maximum atomic E-state index is 5.43. The molecule has 0 radical (unpaired) electrons. The number of aromatic nitrogens is 2. The number of fused-ring (bicyclic) bond motifs is 2. The highest BCUT2D eigenvalue weighted by molar-refractivity contribution is 5.84. The monoisotopic (exact) mass is 501 g/mol. The van der Waals surface area contributed by atoms with E-state index in [0.717, 1.165) is 57.7 Å². The fourth-order valence-electron chi connectivity index (χ4n) is 6.14. The number of hydrogen-bond acceptors (Lipinski definition) is 4. The van der Waals surface area contributed by atoms with Crippen LogP contribution in [0, 0.1) is 0 Å². The van der Waals surface area contributed by atoms with E-state index in [-0.39, 0.29) is 17.1 Å². The fraction of sp³-hybridized carbons (Fsp3) is 0.273. The van der Waals surface area contributed by atoms with Gasteiger partial charge in [0.15, 0.2) is 0 Å². The number of piperidine rings is 1. The molecule has 3 aromatic rings. The minimum atomic E-state index is 0.0154. The Morgan fingerprint density at radius 2 is 1.45 bits per heavy atom. The van der Waals surface area contributed by atoms with Crippen molar-refractivity contribution in [2.75, 3.05) is 5.32 Å². The molecule has 3 aliphatic rings. The van der Waals surface area contributed by atoms with Gasteiger partial charge in [-0.05, 0) is 89.1 Å². The van der Waals surface area contributed by atoms with Crippen LogP contribution in [-0.2, 0) is 0 Å². The molecule has 0 bridgehead atoms. The molecule has 0 spiro atoms. The van der Waals surface area contributed by atoms with Gasteiger partial charge < -0.3 is 15.2 Å². The molecule has 38 heavy (non-hydrogen) atoms. The predicted octanol–water partition coefficient (Wildman–Crippen LogP) is 7.08. The quantitative estimate of drug-likeness (QED) is 0.259. The molecule has 2 N–H and O–H groups in total. The summed E-state index contributed by atoms with van der Waals surface area (Å²) in [5.41, 5.74) is 7.14. The van der Waals surface area contributed by atoms with Crippen LogP contribution in [0.3, 0.4) is 0 Å². The lowest BCUT2D eigenvalue weighted by Gasteiger charge is -2.45. The van der Waals surface area contributed by atoms with E-state index in [4.69, 9.17) is 9.98 Å². The summed E-state index contributed by atoms with van der Waals surface area (Å²) in [6, 6.07) is 33.7. The molecule has 3 aromatic carbocycles. The van der Waals surface area contributed by atoms with Gasteiger partial charge in [0.05, 0.1) is 39.5 Å². The SMILES string of the molecule is CC1(C)CC(N=c2cc3n(-c4ccccc4)c4ccccc4nc-3cc2Nc2ccccc2)CC(C)(C)N1. The van der Waals surface area contributed by atoms with Gasteiger partial charge in [0, 0.05) is 22.5 Å². The van der Waals surface area contributed by atoms with Gasteiger partial charge in [-0.3, -0.25) is 4.99 Å². The van der Waals surface area contributed by atoms with Crippen LogP contribution in [0.5, 0.6) is 0 Å². The highest BCUT2D eigenvalue weighted by atomic mass is 15.1. The number of rotatable bonds is 4. The summed E-state index contributed by atoms with van der Waals surface area (Å²) in [4.78, 5) is 10.5. The number of anilines is 2. The Balaban J connectivity index is 1.62. The van der Waals surface area contributed by atoms with Crippen LogP contribution >= 0.6 is 0 Å². The average molecular weight is 502 g/mol. The third kappa shape index (κ3) is 4.94. The van der Waals surface area contributed by atoms with Crippen molar-refractivity contribution in [3.05, 3.63) is 102 Å². The number of para-hydroxylation sites is 4. The molecule has 1 saturated heterocycles. The van der Waals surface area contributed by atoms with Crippen LogP contribution in [0.4, 0.5) is 11.4 Å². The fourth-order valence-corrected chi connectivity index (χ4v) is 6.14. The molecule has 2 aliphatic heterocycles. The van der Waals surface area contributed by atoms with Crippen molar-refractivity contribution in [2.45, 2.75) is 57.7 Å². The molecule has 0 saturated carbocycles. The lowest BCUT2D eigenvalue weighted by molar-refractivity contribution is 0.163. The Morgan fingerprint density at radius 1 is 0.816 bits per heavy atom. The zero-order valence-corrected chi connectivity index (χ0v) is 22.6. The van der Waals surface area contributed by atoms with Crippen molar-refractivity contribution in [1.29, 1.82) is 0 Å². The van der Waals surface area contributed by atoms with E-state index >= 15 is 0 Å². The maximum absolute atomic E-state index is 5.43. The topological polar surface area (TPSA) is 54.2 Å². The minimum Gasteiger partial charge on any atom is -0.354 e. The lowest BCUT2D eigenvalue weighted by atomic mass is 9.80. The van der Waals surface area contributed by atoms with Gasteiger partial charge in [-0.1, -0.05) is 48.5 Å². The van der Waals surface area contributed by atoms with Crippen molar-refractivity contribution in [3.8, 4) is 17.1 Å². The maximum Gasteiger partial charge on any atom is 0.0900 e. The van der Waals surface area contributed by atoms with Crippen molar-refractivity contribution >= 4 is 22.4 Å². The second-order valence-electron chi connectivity index (χ2n) is 11.7. The Bertz CT molecular complexity index is 1600. The summed E-state index contributed by atoms with van der Waals surface area (Å²) in [6.45, 7) is 9.11. The second-order valence-corrected chi connectivity index (χ2v) is 11.7. The first kappa shape index (κ1) is 24.4. The van der Waals surface area contributed by atoms with Gasteiger partial charge in [0.2, 0.25) is 0 Å². The molecular weight excluding hydrogens is 466 g/mol. The van der Waals surface area contributed by atoms with Crippen molar-refractivity contribution in [3.63, 3.8) is 0 Å². The summed E-state index contributed by atoms with van der Waals surface area (Å²) in [5.74, 6) is 0. The number of benzene rings is 4. The number of nitrogens with zero attached hydrogens (tertiary/aromatic N) is 3. The Labute approximate surface area is 224 Å².